The van der Waals surface area contributed by atoms with E-state index in [0.717, 1.165) is 0 Å². The topological polar surface area (TPSA) is 60.7 Å². The molecule has 112 valence electrons. The molecule has 0 aliphatic rings. The van der Waals surface area contributed by atoms with Crippen LogP contribution in [-0.4, -0.2) is 15.4 Å². The second kappa shape index (κ2) is 6.07. The van der Waals surface area contributed by atoms with Crippen LogP contribution >= 0.6 is 11.3 Å². The van der Waals surface area contributed by atoms with E-state index < -0.39 is 11.8 Å². The zero-order chi connectivity index (χ0) is 15.5. The number of rotatable bonds is 4. The minimum Gasteiger partial charge on any atom is -0.459 e. The van der Waals surface area contributed by atoms with Crippen molar-refractivity contribution in [3.63, 3.8) is 0 Å². The van der Waals surface area contributed by atoms with Crippen LogP contribution in [0.4, 0.5) is 4.39 Å². The molecule has 0 radical (unpaired) electrons. The summed E-state index contributed by atoms with van der Waals surface area (Å²) >= 11 is 1.32. The van der Waals surface area contributed by atoms with Gasteiger partial charge >= 0.3 is 5.97 Å². The summed E-state index contributed by atoms with van der Waals surface area (Å²) in [6.45, 7) is -0.0855. The number of benzene rings is 1. The molecule has 5 nitrogen and oxygen atoms in total. The molecule has 2 aromatic heterocycles. The molecule has 2 heterocycles. The van der Waals surface area contributed by atoms with E-state index in [1.165, 1.54) is 40.0 Å². The molecule has 0 N–H and O–H groups in total. The first-order valence-corrected chi connectivity index (χ1v) is 7.35. The van der Waals surface area contributed by atoms with Crippen LogP contribution in [0.15, 0.2) is 46.7 Å². The third-order valence-corrected chi connectivity index (χ3v) is 3.73. The zero-order valence-electron chi connectivity index (χ0n) is 11.4. The Labute approximate surface area is 128 Å². The number of fused-ring (bicyclic) bond motifs is 1. The number of hydrogen-bond donors (Lipinski definition) is 0. The van der Waals surface area contributed by atoms with Gasteiger partial charge in [0.15, 0.2) is 4.96 Å². The maximum atomic E-state index is 13.0. The van der Waals surface area contributed by atoms with Gasteiger partial charge < -0.3 is 4.74 Å². The van der Waals surface area contributed by atoms with Crippen LogP contribution in [0.1, 0.15) is 11.3 Å². The summed E-state index contributed by atoms with van der Waals surface area (Å²) in [6.07, 6.45) is 1.60. The number of nitrogens with zero attached hydrogens (tertiary/aromatic N) is 2. The second-order valence-corrected chi connectivity index (χ2v) is 5.48. The van der Waals surface area contributed by atoms with Gasteiger partial charge in [0, 0.05) is 17.6 Å². The number of ether oxygens (including phenoxy) is 1. The highest BCUT2D eigenvalue weighted by Crippen LogP contribution is 2.08. The molecular weight excluding hydrogens is 307 g/mol. The van der Waals surface area contributed by atoms with E-state index in [2.05, 4.69) is 4.98 Å². The highest BCUT2D eigenvalue weighted by Gasteiger charge is 2.08. The normalized spacial score (nSPS) is 10.8. The number of halogens is 1. The molecule has 0 aliphatic heterocycles. The molecule has 0 saturated heterocycles. The molecule has 0 atom stereocenters. The van der Waals surface area contributed by atoms with Crippen molar-refractivity contribution in [2.75, 3.05) is 0 Å². The Kier molecular flexibility index (Phi) is 3.97. The first-order valence-electron chi connectivity index (χ1n) is 6.48. The monoisotopic (exact) mass is 318 g/mol. The summed E-state index contributed by atoms with van der Waals surface area (Å²) in [6, 6.07) is 7.10. The van der Waals surface area contributed by atoms with E-state index in [0.29, 0.717) is 16.2 Å². The fourth-order valence-electron chi connectivity index (χ4n) is 1.98. The number of thiazole rings is 1. The van der Waals surface area contributed by atoms with Gasteiger partial charge in [0.05, 0.1) is 12.1 Å². The van der Waals surface area contributed by atoms with E-state index in [-0.39, 0.29) is 18.6 Å². The van der Waals surface area contributed by atoms with Crippen LogP contribution in [0.25, 0.3) is 4.96 Å². The lowest BCUT2D eigenvalue weighted by Crippen LogP contribution is -2.15. The van der Waals surface area contributed by atoms with Gasteiger partial charge in [0.1, 0.15) is 12.4 Å². The van der Waals surface area contributed by atoms with Crippen molar-refractivity contribution < 1.29 is 13.9 Å². The average molecular weight is 318 g/mol. The van der Waals surface area contributed by atoms with Crippen LogP contribution < -0.4 is 5.56 Å². The van der Waals surface area contributed by atoms with E-state index in [9.17, 15) is 14.0 Å². The molecular formula is C15H11FN2O3S. The van der Waals surface area contributed by atoms with Crippen molar-refractivity contribution >= 4 is 22.3 Å². The van der Waals surface area contributed by atoms with Gasteiger partial charge in [0.25, 0.3) is 5.56 Å². The molecule has 22 heavy (non-hydrogen) atoms. The highest BCUT2D eigenvalue weighted by molar-refractivity contribution is 7.15. The van der Waals surface area contributed by atoms with Gasteiger partial charge in [-0.1, -0.05) is 12.1 Å². The first kappa shape index (κ1) is 14.4. The van der Waals surface area contributed by atoms with E-state index in [1.807, 2.05) is 0 Å². The van der Waals surface area contributed by atoms with Crippen LogP contribution in [0.2, 0.25) is 0 Å². The fourth-order valence-corrected chi connectivity index (χ4v) is 2.72. The molecule has 1 aromatic carbocycles. The smallest absolute Gasteiger partial charge is 0.310 e. The summed E-state index contributed by atoms with van der Waals surface area (Å²) in [5.41, 5.74) is 0.703. The Balaban J connectivity index is 1.66. The Hall–Kier alpha value is -2.54. The minimum atomic E-state index is -0.501. The number of carbonyl (C=O) groups excluding carboxylic acids is 1. The van der Waals surface area contributed by atoms with E-state index >= 15 is 0 Å². The van der Waals surface area contributed by atoms with Crippen molar-refractivity contribution in [2.45, 2.75) is 13.0 Å². The van der Waals surface area contributed by atoms with Gasteiger partial charge in [-0.25, -0.2) is 9.37 Å². The minimum absolute atomic E-state index is 0.0298. The van der Waals surface area contributed by atoms with Crippen LogP contribution in [0.5, 0.6) is 0 Å². The lowest BCUT2D eigenvalue weighted by Gasteiger charge is -2.05. The Morgan fingerprint density at radius 1 is 1.36 bits per heavy atom. The van der Waals surface area contributed by atoms with Crippen molar-refractivity contribution in [1.82, 2.24) is 9.38 Å². The lowest BCUT2D eigenvalue weighted by atomic mass is 10.1. The highest BCUT2D eigenvalue weighted by atomic mass is 32.1. The van der Waals surface area contributed by atoms with Gasteiger partial charge in [-0.05, 0) is 17.7 Å². The Morgan fingerprint density at radius 3 is 3.05 bits per heavy atom. The molecule has 0 amide bonds. The molecule has 0 bridgehead atoms. The molecule has 0 fully saturated rings. The summed E-state index contributed by atoms with van der Waals surface area (Å²) in [5.74, 6) is -0.901. The predicted octanol–water partition coefficient (Wildman–Crippen LogP) is 2.18. The first-order chi connectivity index (χ1) is 10.6. The van der Waals surface area contributed by atoms with Gasteiger partial charge in [-0.15, -0.1) is 11.3 Å². The number of esters is 1. The molecule has 7 heteroatoms. The average Bonchev–Trinajstić information content (AvgIpc) is 2.94. The van der Waals surface area contributed by atoms with Gasteiger partial charge in [-0.2, -0.15) is 0 Å². The van der Waals surface area contributed by atoms with Crippen molar-refractivity contribution in [1.29, 1.82) is 0 Å². The van der Waals surface area contributed by atoms with Gasteiger partial charge in [-0.3, -0.25) is 14.0 Å². The Morgan fingerprint density at radius 2 is 2.23 bits per heavy atom. The van der Waals surface area contributed by atoms with Crippen LogP contribution in [0.3, 0.4) is 0 Å². The van der Waals surface area contributed by atoms with E-state index in [1.54, 1.807) is 17.6 Å². The predicted molar refractivity (Wildman–Crippen MR) is 79.2 cm³/mol. The number of hydrogen-bond acceptors (Lipinski definition) is 5. The van der Waals surface area contributed by atoms with Crippen LogP contribution in [0, 0.1) is 5.82 Å². The molecule has 0 unspecified atom stereocenters. The third kappa shape index (κ3) is 3.20. The molecule has 0 spiro atoms. The Bertz CT molecular complexity index is 888. The molecule has 0 aliphatic carbocycles. The molecule has 3 aromatic rings. The van der Waals surface area contributed by atoms with Crippen LogP contribution in [-0.2, 0) is 22.6 Å². The quantitative estimate of drug-likeness (QED) is 0.692. The largest absolute Gasteiger partial charge is 0.459 e. The van der Waals surface area contributed by atoms with Gasteiger partial charge in [0.2, 0.25) is 0 Å². The lowest BCUT2D eigenvalue weighted by molar-refractivity contribution is -0.144. The van der Waals surface area contributed by atoms with Crippen molar-refractivity contribution in [3.05, 3.63) is 69.3 Å². The second-order valence-electron chi connectivity index (χ2n) is 4.61. The van der Waals surface area contributed by atoms with Crippen molar-refractivity contribution in [2.24, 2.45) is 0 Å². The third-order valence-electron chi connectivity index (χ3n) is 2.97. The standard InChI is InChI=1S/C15H11FN2O3S/c16-11-3-1-2-10(6-11)7-14(20)21-9-12-8-13(19)18-4-5-22-15(18)17-12/h1-6,8H,7,9H2. The summed E-state index contributed by atoms with van der Waals surface area (Å²) in [7, 11) is 0. The van der Waals surface area contributed by atoms with E-state index in [4.69, 9.17) is 4.74 Å². The summed E-state index contributed by atoms with van der Waals surface area (Å²) in [5, 5.41) is 1.75. The molecule has 3 rings (SSSR count). The summed E-state index contributed by atoms with van der Waals surface area (Å²) in [4.78, 5) is 28.3. The molecule has 0 saturated carbocycles. The SMILES string of the molecule is O=C(Cc1cccc(F)c1)OCc1cc(=O)n2ccsc2n1. The maximum absolute atomic E-state index is 13.0. The maximum Gasteiger partial charge on any atom is 0.310 e. The summed E-state index contributed by atoms with van der Waals surface area (Å²) < 4.78 is 19.5. The fraction of sp³-hybridized carbons (Fsp3) is 0.133. The number of aromatic nitrogens is 2. The van der Waals surface area contributed by atoms with Crippen molar-refractivity contribution in [3.8, 4) is 0 Å². The number of carbonyl (C=O) groups is 1. The zero-order valence-corrected chi connectivity index (χ0v) is 12.2.